The molecule has 100 valence electrons. The fraction of sp³-hybridized carbons (Fsp3) is 0.0625. The zero-order valence-electron chi connectivity index (χ0n) is 11.0. The third-order valence-corrected chi connectivity index (χ3v) is 3.66. The van der Waals surface area contributed by atoms with E-state index in [0.29, 0.717) is 0 Å². The second-order valence-electron chi connectivity index (χ2n) is 4.27. The average molecular weight is 282 g/mol. The first kappa shape index (κ1) is 12.7. The van der Waals surface area contributed by atoms with Gasteiger partial charge in [0.1, 0.15) is 5.75 Å². The molecule has 1 aromatic heterocycles. The Bertz CT molecular complexity index is 678. The Morgan fingerprint density at radius 3 is 2.60 bits per heavy atom. The van der Waals surface area contributed by atoms with Crippen LogP contribution in [0.25, 0.3) is 11.1 Å². The van der Waals surface area contributed by atoms with E-state index in [2.05, 4.69) is 34.6 Å². The van der Waals surface area contributed by atoms with Crippen molar-refractivity contribution in [2.24, 2.45) is 0 Å². The minimum absolute atomic E-state index is 0.866. The van der Waals surface area contributed by atoms with Crippen molar-refractivity contribution in [2.75, 3.05) is 12.4 Å². The van der Waals surface area contributed by atoms with Gasteiger partial charge >= 0.3 is 0 Å². The van der Waals surface area contributed by atoms with Gasteiger partial charge in [-0.1, -0.05) is 24.3 Å². The lowest BCUT2D eigenvalue weighted by atomic mass is 10.1. The normalized spacial score (nSPS) is 10.2. The lowest BCUT2D eigenvalue weighted by molar-refractivity contribution is 0.415. The molecule has 0 spiro atoms. The van der Waals surface area contributed by atoms with Crippen molar-refractivity contribution in [1.29, 1.82) is 0 Å². The Kier molecular flexibility index (Phi) is 3.65. The number of aromatic nitrogens is 1. The molecule has 0 aliphatic heterocycles. The molecule has 0 bridgehead atoms. The van der Waals surface area contributed by atoms with E-state index in [9.17, 15) is 0 Å². The van der Waals surface area contributed by atoms with Crippen molar-refractivity contribution in [3.8, 4) is 16.9 Å². The van der Waals surface area contributed by atoms with E-state index in [4.69, 9.17) is 4.74 Å². The molecule has 0 amide bonds. The largest absolute Gasteiger partial charge is 0.497 e. The molecule has 3 nitrogen and oxygen atoms in total. The zero-order chi connectivity index (χ0) is 13.8. The van der Waals surface area contributed by atoms with Crippen LogP contribution in [0.2, 0.25) is 0 Å². The van der Waals surface area contributed by atoms with Crippen LogP contribution in [0, 0.1) is 0 Å². The molecule has 0 unspecified atom stereocenters. The van der Waals surface area contributed by atoms with Crippen molar-refractivity contribution in [3.05, 3.63) is 60.1 Å². The Morgan fingerprint density at radius 2 is 1.90 bits per heavy atom. The minimum Gasteiger partial charge on any atom is -0.497 e. The van der Waals surface area contributed by atoms with Gasteiger partial charge in [-0.2, -0.15) is 0 Å². The molecule has 1 N–H and O–H groups in total. The van der Waals surface area contributed by atoms with E-state index < -0.39 is 0 Å². The van der Waals surface area contributed by atoms with Crippen LogP contribution >= 0.6 is 11.3 Å². The van der Waals surface area contributed by atoms with Crippen molar-refractivity contribution in [3.63, 3.8) is 0 Å². The van der Waals surface area contributed by atoms with E-state index in [0.717, 1.165) is 27.7 Å². The standard InChI is InChI=1S/C16H14N2OS/c1-19-15-7-5-12(6-8-15)13-3-2-4-14(11-13)18-16-17-9-10-20-16/h2-11H,1H3,(H,17,18). The van der Waals surface area contributed by atoms with Gasteiger partial charge in [-0.3, -0.25) is 0 Å². The monoisotopic (exact) mass is 282 g/mol. The summed E-state index contributed by atoms with van der Waals surface area (Å²) in [4.78, 5) is 4.23. The minimum atomic E-state index is 0.866. The third-order valence-electron chi connectivity index (χ3n) is 2.97. The third kappa shape index (κ3) is 2.81. The molecule has 0 aliphatic rings. The number of nitrogens with one attached hydrogen (secondary N) is 1. The van der Waals surface area contributed by atoms with E-state index in [1.54, 1.807) is 24.6 Å². The van der Waals surface area contributed by atoms with Crippen molar-refractivity contribution in [2.45, 2.75) is 0 Å². The highest BCUT2D eigenvalue weighted by atomic mass is 32.1. The molecule has 3 aromatic rings. The maximum Gasteiger partial charge on any atom is 0.187 e. The Labute approximate surface area is 121 Å². The van der Waals surface area contributed by atoms with Gasteiger partial charge in [-0.05, 0) is 35.4 Å². The quantitative estimate of drug-likeness (QED) is 0.761. The fourth-order valence-corrected chi connectivity index (χ4v) is 2.52. The number of anilines is 2. The van der Waals surface area contributed by atoms with Crippen molar-refractivity contribution in [1.82, 2.24) is 4.98 Å². The first-order valence-corrected chi connectivity index (χ1v) is 7.14. The number of thiazole rings is 1. The first-order valence-electron chi connectivity index (χ1n) is 6.26. The van der Waals surface area contributed by atoms with Crippen LogP contribution < -0.4 is 10.1 Å². The Hall–Kier alpha value is -2.33. The summed E-state index contributed by atoms with van der Waals surface area (Å²) in [5.41, 5.74) is 3.36. The van der Waals surface area contributed by atoms with Gasteiger partial charge < -0.3 is 10.1 Å². The van der Waals surface area contributed by atoms with Crippen LogP contribution in [-0.2, 0) is 0 Å². The van der Waals surface area contributed by atoms with Gasteiger partial charge in [0.05, 0.1) is 7.11 Å². The van der Waals surface area contributed by atoms with Gasteiger partial charge in [0.25, 0.3) is 0 Å². The Balaban J connectivity index is 1.86. The summed E-state index contributed by atoms with van der Waals surface area (Å²) in [6.07, 6.45) is 1.79. The van der Waals surface area contributed by atoms with Crippen LogP contribution in [0.5, 0.6) is 5.75 Å². The highest BCUT2D eigenvalue weighted by Gasteiger charge is 2.01. The highest BCUT2D eigenvalue weighted by Crippen LogP contribution is 2.26. The molecule has 4 heteroatoms. The van der Waals surface area contributed by atoms with Gasteiger partial charge in [-0.15, -0.1) is 11.3 Å². The van der Waals surface area contributed by atoms with Gasteiger partial charge in [0.2, 0.25) is 0 Å². The van der Waals surface area contributed by atoms with Crippen LogP contribution in [-0.4, -0.2) is 12.1 Å². The predicted octanol–water partition coefficient (Wildman–Crippen LogP) is 4.56. The molecular formula is C16H14N2OS. The van der Waals surface area contributed by atoms with Gasteiger partial charge in [0.15, 0.2) is 5.13 Å². The summed E-state index contributed by atoms with van der Waals surface area (Å²) in [6.45, 7) is 0. The molecule has 0 fully saturated rings. The molecule has 0 atom stereocenters. The number of rotatable bonds is 4. The molecule has 0 saturated heterocycles. The number of hydrogen-bond donors (Lipinski definition) is 1. The topological polar surface area (TPSA) is 34.1 Å². The lowest BCUT2D eigenvalue weighted by Crippen LogP contribution is -1.89. The predicted molar refractivity (Wildman–Crippen MR) is 83.8 cm³/mol. The SMILES string of the molecule is COc1ccc(-c2cccc(Nc3nccs3)c2)cc1. The van der Waals surface area contributed by atoms with Gasteiger partial charge in [0, 0.05) is 17.3 Å². The number of ether oxygens (including phenoxy) is 1. The summed E-state index contributed by atoms with van der Waals surface area (Å²) in [5, 5.41) is 6.15. The van der Waals surface area contributed by atoms with Crippen LogP contribution in [0.15, 0.2) is 60.1 Å². The lowest BCUT2D eigenvalue weighted by Gasteiger charge is -2.07. The number of benzene rings is 2. The average Bonchev–Trinajstić information content (AvgIpc) is 3.01. The number of nitrogens with zero attached hydrogens (tertiary/aromatic N) is 1. The zero-order valence-corrected chi connectivity index (χ0v) is 11.9. The molecular weight excluding hydrogens is 268 g/mol. The van der Waals surface area contributed by atoms with Crippen LogP contribution in [0.4, 0.5) is 10.8 Å². The summed E-state index contributed by atoms with van der Waals surface area (Å²) >= 11 is 1.59. The Morgan fingerprint density at radius 1 is 1.05 bits per heavy atom. The highest BCUT2D eigenvalue weighted by molar-refractivity contribution is 7.13. The van der Waals surface area contributed by atoms with Crippen LogP contribution in [0.1, 0.15) is 0 Å². The molecule has 2 aromatic carbocycles. The summed E-state index contributed by atoms with van der Waals surface area (Å²) in [6, 6.07) is 16.3. The second kappa shape index (κ2) is 5.75. The maximum atomic E-state index is 5.18. The van der Waals surface area contributed by atoms with E-state index in [1.165, 1.54) is 0 Å². The summed E-state index contributed by atoms with van der Waals surface area (Å²) in [5.74, 6) is 0.866. The van der Waals surface area contributed by atoms with Crippen LogP contribution in [0.3, 0.4) is 0 Å². The molecule has 0 saturated carbocycles. The smallest absolute Gasteiger partial charge is 0.187 e. The van der Waals surface area contributed by atoms with E-state index >= 15 is 0 Å². The summed E-state index contributed by atoms with van der Waals surface area (Å²) < 4.78 is 5.18. The summed E-state index contributed by atoms with van der Waals surface area (Å²) in [7, 11) is 1.67. The van der Waals surface area contributed by atoms with Crippen molar-refractivity contribution >= 4 is 22.2 Å². The number of hydrogen-bond acceptors (Lipinski definition) is 4. The molecule has 0 aliphatic carbocycles. The molecule has 1 heterocycles. The first-order chi connectivity index (χ1) is 9.85. The molecule has 20 heavy (non-hydrogen) atoms. The fourth-order valence-electron chi connectivity index (χ4n) is 1.97. The number of methoxy groups -OCH3 is 1. The second-order valence-corrected chi connectivity index (χ2v) is 5.17. The molecule has 3 rings (SSSR count). The molecule has 0 radical (unpaired) electrons. The maximum absolute atomic E-state index is 5.18. The van der Waals surface area contributed by atoms with E-state index in [-0.39, 0.29) is 0 Å². The van der Waals surface area contributed by atoms with Gasteiger partial charge in [-0.25, -0.2) is 4.98 Å². The van der Waals surface area contributed by atoms with Crippen molar-refractivity contribution < 1.29 is 4.74 Å². The van der Waals surface area contributed by atoms with E-state index in [1.807, 2.05) is 29.6 Å².